The van der Waals surface area contributed by atoms with Crippen molar-refractivity contribution < 1.29 is 22.7 Å². The zero-order chi connectivity index (χ0) is 22.4. The molecule has 0 bridgehead atoms. The quantitative estimate of drug-likeness (QED) is 0.663. The molecule has 31 heavy (non-hydrogen) atoms. The van der Waals surface area contributed by atoms with Crippen molar-refractivity contribution in [2.75, 3.05) is 53.5 Å². The van der Waals surface area contributed by atoms with Crippen LogP contribution in [0.5, 0.6) is 11.5 Å². The summed E-state index contributed by atoms with van der Waals surface area (Å²) in [6.45, 7) is 5.16. The van der Waals surface area contributed by atoms with Crippen LogP contribution in [0.4, 0.5) is 0 Å². The highest BCUT2D eigenvalue weighted by atomic mass is 32.2. The zero-order valence-electron chi connectivity index (χ0n) is 18.1. The lowest BCUT2D eigenvalue weighted by atomic mass is 10.2. The highest BCUT2D eigenvalue weighted by Crippen LogP contribution is 2.27. The normalized spacial score (nSPS) is 15.5. The summed E-state index contributed by atoms with van der Waals surface area (Å²) in [6, 6.07) is 12.0. The predicted octanol–water partition coefficient (Wildman–Crippen LogP) is 1.75. The third-order valence-electron chi connectivity index (χ3n) is 5.35. The Kier molecular flexibility index (Phi) is 7.53. The molecule has 1 aliphatic heterocycles. The van der Waals surface area contributed by atoms with Crippen molar-refractivity contribution in [2.45, 2.75) is 11.8 Å². The van der Waals surface area contributed by atoms with Crippen LogP contribution in [0.1, 0.15) is 15.9 Å². The van der Waals surface area contributed by atoms with Crippen LogP contribution in [0, 0.1) is 6.92 Å². The van der Waals surface area contributed by atoms with E-state index in [1.165, 1.54) is 11.4 Å². The summed E-state index contributed by atoms with van der Waals surface area (Å²) < 4.78 is 37.5. The van der Waals surface area contributed by atoms with Crippen molar-refractivity contribution in [3.05, 3.63) is 53.6 Å². The van der Waals surface area contributed by atoms with Gasteiger partial charge in [-0.2, -0.15) is 4.31 Å². The molecule has 2 aromatic carbocycles. The van der Waals surface area contributed by atoms with Crippen LogP contribution in [-0.4, -0.2) is 77.0 Å². The Labute approximate surface area is 183 Å². The first-order valence-electron chi connectivity index (χ1n) is 10.1. The van der Waals surface area contributed by atoms with Crippen LogP contribution in [-0.2, 0) is 10.0 Å². The second-order valence-corrected chi connectivity index (χ2v) is 9.32. The molecule has 0 radical (unpaired) electrons. The SMILES string of the molecule is COc1ccc(C(=O)NCCN2CCN(S(=O)(=O)c3ccc(C)cc3)CC2)cc1OC. The lowest BCUT2D eigenvalue weighted by Crippen LogP contribution is -2.50. The number of hydrogen-bond acceptors (Lipinski definition) is 6. The Bertz CT molecular complexity index is 1000. The number of rotatable bonds is 8. The van der Waals surface area contributed by atoms with Crippen molar-refractivity contribution >= 4 is 15.9 Å². The van der Waals surface area contributed by atoms with Crippen molar-refractivity contribution in [2.24, 2.45) is 0 Å². The van der Waals surface area contributed by atoms with E-state index in [2.05, 4.69) is 10.2 Å². The van der Waals surface area contributed by atoms with Crippen molar-refractivity contribution in [1.82, 2.24) is 14.5 Å². The molecular formula is C22H29N3O5S. The number of carbonyl (C=O) groups is 1. The minimum atomic E-state index is -3.47. The fourth-order valence-corrected chi connectivity index (χ4v) is 4.88. The fourth-order valence-electron chi connectivity index (χ4n) is 3.46. The highest BCUT2D eigenvalue weighted by Gasteiger charge is 2.28. The molecular weight excluding hydrogens is 418 g/mol. The Hall–Kier alpha value is -2.62. The molecule has 3 rings (SSSR count). The number of nitrogens with zero attached hydrogens (tertiary/aromatic N) is 2. The number of piperazine rings is 1. The van der Waals surface area contributed by atoms with Gasteiger partial charge in [0.15, 0.2) is 11.5 Å². The summed E-state index contributed by atoms with van der Waals surface area (Å²) in [5.74, 6) is 0.875. The number of methoxy groups -OCH3 is 2. The minimum Gasteiger partial charge on any atom is -0.493 e. The van der Waals surface area contributed by atoms with Gasteiger partial charge in [-0.3, -0.25) is 9.69 Å². The van der Waals surface area contributed by atoms with Gasteiger partial charge in [0.05, 0.1) is 19.1 Å². The summed E-state index contributed by atoms with van der Waals surface area (Å²) >= 11 is 0. The van der Waals surface area contributed by atoms with Gasteiger partial charge in [0, 0.05) is 44.8 Å². The molecule has 0 atom stereocenters. The van der Waals surface area contributed by atoms with Gasteiger partial charge in [-0.15, -0.1) is 0 Å². The van der Waals surface area contributed by atoms with Gasteiger partial charge >= 0.3 is 0 Å². The second-order valence-electron chi connectivity index (χ2n) is 7.38. The van der Waals surface area contributed by atoms with Crippen molar-refractivity contribution in [1.29, 1.82) is 0 Å². The molecule has 1 heterocycles. The maximum atomic E-state index is 12.8. The van der Waals surface area contributed by atoms with Crippen LogP contribution in [0.3, 0.4) is 0 Å². The summed E-state index contributed by atoms with van der Waals surface area (Å²) in [4.78, 5) is 14.9. The van der Waals surface area contributed by atoms with Crippen LogP contribution in [0.2, 0.25) is 0 Å². The summed E-state index contributed by atoms with van der Waals surface area (Å²) in [6.07, 6.45) is 0. The van der Waals surface area contributed by atoms with E-state index in [9.17, 15) is 13.2 Å². The van der Waals surface area contributed by atoms with Gasteiger partial charge in [0.2, 0.25) is 10.0 Å². The molecule has 0 aromatic heterocycles. The van der Waals surface area contributed by atoms with Gasteiger partial charge < -0.3 is 14.8 Å². The molecule has 8 nitrogen and oxygen atoms in total. The lowest BCUT2D eigenvalue weighted by Gasteiger charge is -2.34. The molecule has 168 valence electrons. The largest absolute Gasteiger partial charge is 0.493 e. The predicted molar refractivity (Wildman–Crippen MR) is 118 cm³/mol. The molecule has 1 aliphatic rings. The number of carbonyl (C=O) groups excluding carboxylic acids is 1. The number of sulfonamides is 1. The van der Waals surface area contributed by atoms with E-state index in [1.807, 2.05) is 19.1 Å². The zero-order valence-corrected chi connectivity index (χ0v) is 18.9. The van der Waals surface area contributed by atoms with E-state index in [1.54, 1.807) is 37.4 Å². The third kappa shape index (κ3) is 5.55. The second kappa shape index (κ2) is 10.1. The smallest absolute Gasteiger partial charge is 0.251 e. The Morgan fingerprint density at radius 1 is 0.968 bits per heavy atom. The van der Waals surface area contributed by atoms with Crippen LogP contribution in [0.15, 0.2) is 47.4 Å². The fraction of sp³-hybridized carbons (Fsp3) is 0.409. The third-order valence-corrected chi connectivity index (χ3v) is 7.26. The minimum absolute atomic E-state index is 0.193. The first-order chi connectivity index (χ1) is 14.8. The van der Waals surface area contributed by atoms with Gasteiger partial charge in [-0.05, 0) is 37.3 Å². The van der Waals surface area contributed by atoms with Crippen molar-refractivity contribution in [3.63, 3.8) is 0 Å². The Balaban J connectivity index is 1.47. The van der Waals surface area contributed by atoms with Gasteiger partial charge in [-0.25, -0.2) is 8.42 Å². The van der Waals surface area contributed by atoms with E-state index < -0.39 is 10.0 Å². The molecule has 1 fully saturated rings. The summed E-state index contributed by atoms with van der Waals surface area (Å²) in [5.41, 5.74) is 1.52. The molecule has 0 unspecified atom stereocenters. The van der Waals surface area contributed by atoms with E-state index in [0.29, 0.717) is 61.2 Å². The first kappa shape index (κ1) is 23.1. The maximum Gasteiger partial charge on any atom is 0.251 e. The number of amides is 1. The van der Waals surface area contributed by atoms with Crippen LogP contribution in [0.25, 0.3) is 0 Å². The summed E-state index contributed by atoms with van der Waals surface area (Å²) in [7, 11) is -0.399. The number of nitrogens with one attached hydrogen (secondary N) is 1. The Morgan fingerprint density at radius 3 is 2.23 bits per heavy atom. The molecule has 0 aliphatic carbocycles. The van der Waals surface area contributed by atoms with Crippen molar-refractivity contribution in [3.8, 4) is 11.5 Å². The molecule has 1 N–H and O–H groups in total. The molecule has 1 saturated heterocycles. The maximum absolute atomic E-state index is 12.8. The number of benzene rings is 2. The van der Waals surface area contributed by atoms with E-state index in [0.717, 1.165) is 5.56 Å². The highest BCUT2D eigenvalue weighted by molar-refractivity contribution is 7.89. The molecule has 1 amide bonds. The lowest BCUT2D eigenvalue weighted by molar-refractivity contribution is 0.0944. The Morgan fingerprint density at radius 2 is 1.61 bits per heavy atom. The number of aryl methyl sites for hydroxylation is 1. The molecule has 0 spiro atoms. The van der Waals surface area contributed by atoms with Gasteiger partial charge in [0.1, 0.15) is 0 Å². The van der Waals surface area contributed by atoms with Gasteiger partial charge in [0.25, 0.3) is 5.91 Å². The molecule has 9 heteroatoms. The number of ether oxygens (including phenoxy) is 2. The van der Waals surface area contributed by atoms with Gasteiger partial charge in [-0.1, -0.05) is 17.7 Å². The van der Waals surface area contributed by atoms with E-state index in [-0.39, 0.29) is 5.91 Å². The molecule has 0 saturated carbocycles. The summed E-state index contributed by atoms with van der Waals surface area (Å²) in [5, 5.41) is 2.90. The molecule has 2 aromatic rings. The van der Waals surface area contributed by atoms with Crippen LogP contribution >= 0.6 is 0 Å². The monoisotopic (exact) mass is 447 g/mol. The average molecular weight is 448 g/mol. The van der Waals surface area contributed by atoms with Crippen LogP contribution < -0.4 is 14.8 Å². The first-order valence-corrected chi connectivity index (χ1v) is 11.6. The number of hydrogen-bond donors (Lipinski definition) is 1. The van der Waals surface area contributed by atoms with E-state index in [4.69, 9.17) is 9.47 Å². The standard InChI is InChI=1S/C22H29N3O5S/c1-17-4-7-19(8-5-17)31(27,28)25-14-12-24(13-15-25)11-10-23-22(26)18-6-9-20(29-2)21(16-18)30-3/h4-9,16H,10-15H2,1-3H3,(H,23,26). The average Bonchev–Trinajstić information content (AvgIpc) is 2.79. The van der Waals surface area contributed by atoms with E-state index >= 15 is 0 Å². The topological polar surface area (TPSA) is 88.2 Å².